The maximum absolute atomic E-state index is 11.9. The Morgan fingerprint density at radius 1 is 1.24 bits per heavy atom. The average Bonchev–Trinajstić information content (AvgIpc) is 2.85. The zero-order valence-electron chi connectivity index (χ0n) is 11.4. The standard InChI is InChI=1S/C13H16ClN3O3S/c1-9(7-14)8-21(19,20)17-11-4-2-10(3-5-11)12-6-13(18)16-15-12/h2-6,9,17H,7-8H2,1H3,(H2,15,16,18). The molecule has 1 heterocycles. The van der Waals surface area contributed by atoms with E-state index in [4.69, 9.17) is 11.6 Å². The number of hydrogen-bond donors (Lipinski definition) is 3. The first-order valence-electron chi connectivity index (χ1n) is 6.34. The molecular weight excluding hydrogens is 314 g/mol. The first-order chi connectivity index (χ1) is 9.89. The van der Waals surface area contributed by atoms with Crippen LogP contribution < -0.4 is 10.3 Å². The highest BCUT2D eigenvalue weighted by Gasteiger charge is 2.15. The molecule has 1 unspecified atom stereocenters. The molecule has 2 rings (SSSR count). The van der Waals surface area contributed by atoms with E-state index in [2.05, 4.69) is 14.9 Å². The number of H-pyrrole nitrogens is 2. The van der Waals surface area contributed by atoms with Crippen LogP contribution in [0, 0.1) is 5.92 Å². The van der Waals surface area contributed by atoms with Crippen LogP contribution in [-0.4, -0.2) is 30.2 Å². The summed E-state index contributed by atoms with van der Waals surface area (Å²) in [5.41, 5.74) is 1.68. The maximum atomic E-state index is 11.9. The van der Waals surface area contributed by atoms with E-state index in [1.165, 1.54) is 6.07 Å². The molecule has 0 saturated carbocycles. The van der Waals surface area contributed by atoms with E-state index in [1.54, 1.807) is 31.2 Å². The lowest BCUT2D eigenvalue weighted by Crippen LogP contribution is -2.22. The Morgan fingerprint density at radius 2 is 1.90 bits per heavy atom. The minimum atomic E-state index is -3.42. The lowest BCUT2D eigenvalue weighted by atomic mass is 10.1. The fraction of sp³-hybridized carbons (Fsp3) is 0.308. The molecule has 0 bridgehead atoms. The van der Waals surface area contributed by atoms with Gasteiger partial charge in [0.25, 0.3) is 5.56 Å². The van der Waals surface area contributed by atoms with Crippen LogP contribution in [0.4, 0.5) is 5.69 Å². The number of sulfonamides is 1. The molecule has 0 aliphatic rings. The highest BCUT2D eigenvalue weighted by atomic mass is 35.5. The molecule has 114 valence electrons. The summed E-state index contributed by atoms with van der Waals surface area (Å²) < 4.78 is 26.3. The normalized spacial score (nSPS) is 13.0. The summed E-state index contributed by atoms with van der Waals surface area (Å²) in [6.07, 6.45) is 0. The lowest BCUT2D eigenvalue weighted by molar-refractivity contribution is 0.588. The van der Waals surface area contributed by atoms with Gasteiger partial charge >= 0.3 is 0 Å². The van der Waals surface area contributed by atoms with Crippen LogP contribution in [0.3, 0.4) is 0 Å². The summed E-state index contributed by atoms with van der Waals surface area (Å²) in [4.78, 5) is 11.1. The SMILES string of the molecule is CC(CCl)CS(=O)(=O)Nc1ccc(-c2cc(=O)[nH][nH]2)cc1. The van der Waals surface area contributed by atoms with Crippen molar-refractivity contribution in [3.63, 3.8) is 0 Å². The van der Waals surface area contributed by atoms with Gasteiger partial charge in [-0.25, -0.2) is 8.42 Å². The lowest BCUT2D eigenvalue weighted by Gasteiger charge is -2.11. The number of rotatable bonds is 6. The third-order valence-electron chi connectivity index (χ3n) is 2.83. The summed E-state index contributed by atoms with van der Waals surface area (Å²) >= 11 is 5.63. The van der Waals surface area contributed by atoms with Crippen LogP contribution in [0.25, 0.3) is 11.3 Å². The number of benzene rings is 1. The molecule has 6 nitrogen and oxygen atoms in total. The quantitative estimate of drug-likeness (QED) is 0.707. The Balaban J connectivity index is 2.11. The zero-order chi connectivity index (χ0) is 15.5. The van der Waals surface area contributed by atoms with Gasteiger partial charge in [0.2, 0.25) is 10.0 Å². The van der Waals surface area contributed by atoms with Crippen molar-refractivity contribution in [3.05, 3.63) is 40.7 Å². The van der Waals surface area contributed by atoms with Crippen molar-refractivity contribution in [3.8, 4) is 11.3 Å². The van der Waals surface area contributed by atoms with Crippen LogP contribution in [0.5, 0.6) is 0 Å². The van der Waals surface area contributed by atoms with Crippen LogP contribution in [0.1, 0.15) is 6.92 Å². The van der Waals surface area contributed by atoms with Crippen molar-refractivity contribution in [1.82, 2.24) is 10.2 Å². The largest absolute Gasteiger partial charge is 0.298 e. The van der Waals surface area contributed by atoms with Gasteiger partial charge < -0.3 is 0 Å². The van der Waals surface area contributed by atoms with Crippen molar-refractivity contribution in [1.29, 1.82) is 0 Å². The molecule has 0 aliphatic heterocycles. The minimum absolute atomic E-state index is 0.0244. The summed E-state index contributed by atoms with van der Waals surface area (Å²) in [5.74, 6) is 0.151. The number of alkyl halides is 1. The Morgan fingerprint density at radius 3 is 2.43 bits per heavy atom. The van der Waals surface area contributed by atoms with Crippen molar-refractivity contribution in [2.24, 2.45) is 5.92 Å². The van der Waals surface area contributed by atoms with Gasteiger partial charge in [0.1, 0.15) is 0 Å². The zero-order valence-corrected chi connectivity index (χ0v) is 13.0. The number of aromatic amines is 2. The molecule has 0 saturated heterocycles. The topological polar surface area (TPSA) is 94.8 Å². The minimum Gasteiger partial charge on any atom is -0.298 e. The molecule has 2 aromatic rings. The number of aromatic nitrogens is 2. The van der Waals surface area contributed by atoms with Crippen LogP contribution in [0.2, 0.25) is 0 Å². The van der Waals surface area contributed by atoms with E-state index in [-0.39, 0.29) is 17.2 Å². The molecule has 0 radical (unpaired) electrons. The Kier molecular flexibility index (Phi) is 4.74. The molecular formula is C13H16ClN3O3S. The first kappa shape index (κ1) is 15.7. The maximum Gasteiger partial charge on any atom is 0.264 e. The van der Waals surface area contributed by atoms with E-state index in [0.717, 1.165) is 5.56 Å². The predicted molar refractivity (Wildman–Crippen MR) is 84.1 cm³/mol. The van der Waals surface area contributed by atoms with Gasteiger partial charge in [-0.15, -0.1) is 11.6 Å². The van der Waals surface area contributed by atoms with E-state index in [0.29, 0.717) is 17.3 Å². The highest BCUT2D eigenvalue weighted by molar-refractivity contribution is 7.92. The monoisotopic (exact) mass is 329 g/mol. The molecule has 3 N–H and O–H groups in total. The molecule has 1 atom stereocenters. The molecule has 0 spiro atoms. The summed E-state index contributed by atoms with van der Waals surface area (Å²) in [6.45, 7) is 1.78. The average molecular weight is 330 g/mol. The van der Waals surface area contributed by atoms with Gasteiger partial charge in [-0.1, -0.05) is 19.1 Å². The van der Waals surface area contributed by atoms with E-state index in [1.807, 2.05) is 0 Å². The predicted octanol–water partition coefficient (Wildman–Crippen LogP) is 1.99. The van der Waals surface area contributed by atoms with Crippen LogP contribution >= 0.6 is 11.6 Å². The second kappa shape index (κ2) is 6.36. The van der Waals surface area contributed by atoms with Gasteiger partial charge in [-0.3, -0.25) is 19.7 Å². The summed E-state index contributed by atoms with van der Waals surface area (Å²) in [7, 11) is -3.42. The molecule has 1 aromatic carbocycles. The van der Waals surface area contributed by atoms with Crippen molar-refractivity contribution >= 4 is 27.3 Å². The van der Waals surface area contributed by atoms with Crippen molar-refractivity contribution in [2.45, 2.75) is 6.92 Å². The third-order valence-corrected chi connectivity index (χ3v) is 4.91. The van der Waals surface area contributed by atoms with Gasteiger partial charge in [-0.05, 0) is 23.6 Å². The van der Waals surface area contributed by atoms with Crippen molar-refractivity contribution in [2.75, 3.05) is 16.4 Å². The molecule has 1 aromatic heterocycles. The fourth-order valence-corrected chi connectivity index (χ4v) is 3.53. The smallest absolute Gasteiger partial charge is 0.264 e. The van der Waals surface area contributed by atoms with Crippen molar-refractivity contribution < 1.29 is 8.42 Å². The van der Waals surface area contributed by atoms with Gasteiger partial charge in [0.15, 0.2) is 0 Å². The highest BCUT2D eigenvalue weighted by Crippen LogP contribution is 2.19. The number of halogens is 1. The summed E-state index contributed by atoms with van der Waals surface area (Å²) in [5, 5.41) is 5.18. The number of anilines is 1. The Bertz CT molecular complexity index is 749. The van der Waals surface area contributed by atoms with E-state index >= 15 is 0 Å². The first-order valence-corrected chi connectivity index (χ1v) is 8.53. The molecule has 8 heteroatoms. The third kappa shape index (κ3) is 4.37. The molecule has 21 heavy (non-hydrogen) atoms. The molecule has 0 fully saturated rings. The van der Waals surface area contributed by atoms with Gasteiger partial charge in [0, 0.05) is 17.6 Å². The Labute approximate surface area is 127 Å². The number of hydrogen-bond acceptors (Lipinski definition) is 3. The second-order valence-corrected chi connectivity index (χ2v) is 6.97. The Hall–Kier alpha value is -1.73. The van der Waals surface area contributed by atoms with E-state index < -0.39 is 10.0 Å². The number of nitrogens with one attached hydrogen (secondary N) is 3. The van der Waals surface area contributed by atoms with Gasteiger partial charge in [0.05, 0.1) is 11.4 Å². The fourth-order valence-electron chi connectivity index (χ4n) is 1.85. The molecule has 0 aliphatic carbocycles. The second-order valence-electron chi connectivity index (χ2n) is 4.89. The molecule has 0 amide bonds. The van der Waals surface area contributed by atoms with Crippen LogP contribution in [-0.2, 0) is 10.0 Å². The van der Waals surface area contributed by atoms with Gasteiger partial charge in [-0.2, -0.15) is 0 Å². The summed E-state index contributed by atoms with van der Waals surface area (Å²) in [6, 6.07) is 8.17. The van der Waals surface area contributed by atoms with E-state index in [9.17, 15) is 13.2 Å². The van der Waals surface area contributed by atoms with Crippen LogP contribution in [0.15, 0.2) is 35.1 Å².